The van der Waals surface area contributed by atoms with Crippen molar-refractivity contribution in [3.63, 3.8) is 0 Å². The van der Waals surface area contributed by atoms with Crippen molar-refractivity contribution in [3.8, 4) is 0 Å². The normalized spacial score (nSPS) is 24.8. The van der Waals surface area contributed by atoms with Gasteiger partial charge in [-0.25, -0.2) is 13.1 Å². The molecule has 1 aromatic carbocycles. The van der Waals surface area contributed by atoms with Crippen LogP contribution >= 0.6 is 0 Å². The van der Waals surface area contributed by atoms with E-state index in [9.17, 15) is 13.2 Å². The Morgan fingerprint density at radius 2 is 1.96 bits per heavy atom. The van der Waals surface area contributed by atoms with E-state index in [0.717, 1.165) is 12.0 Å². The fourth-order valence-electron chi connectivity index (χ4n) is 3.68. The summed E-state index contributed by atoms with van der Waals surface area (Å²) in [6, 6.07) is 4.69. The van der Waals surface area contributed by atoms with E-state index in [1.165, 1.54) is 12.1 Å². The average molecular weight is 383 g/mol. The lowest BCUT2D eigenvalue weighted by Crippen LogP contribution is -2.68. The molecule has 6 nitrogen and oxygen atoms in total. The minimum atomic E-state index is -3.61. The molecule has 0 radical (unpaired) electrons. The molecule has 0 saturated heterocycles. The Kier molecular flexibility index (Phi) is 5.57. The number of rotatable bonds is 6. The number of ether oxygens (including phenoxy) is 1. The van der Waals surface area contributed by atoms with Gasteiger partial charge in [0.05, 0.1) is 10.5 Å². The highest BCUT2D eigenvalue weighted by Gasteiger charge is 2.59. The Balaban J connectivity index is 2.33. The predicted molar refractivity (Wildman–Crippen MR) is 102 cm³/mol. The van der Waals surface area contributed by atoms with E-state index in [1.807, 2.05) is 6.92 Å². The molecule has 1 aromatic rings. The second-order valence-corrected chi connectivity index (χ2v) is 9.54. The molecule has 1 N–H and O–H groups in total. The van der Waals surface area contributed by atoms with Gasteiger partial charge in [-0.2, -0.15) is 0 Å². The number of hydrogen-bond donors (Lipinski definition) is 1. The second-order valence-electron chi connectivity index (χ2n) is 7.77. The van der Waals surface area contributed by atoms with Crippen LogP contribution in [0.4, 0.5) is 0 Å². The van der Waals surface area contributed by atoms with Crippen LogP contribution in [0.2, 0.25) is 0 Å². The maximum atomic E-state index is 13.1. The van der Waals surface area contributed by atoms with Gasteiger partial charge in [0.1, 0.15) is 0 Å². The van der Waals surface area contributed by atoms with Gasteiger partial charge in [-0.1, -0.05) is 26.8 Å². The highest BCUT2D eigenvalue weighted by atomic mass is 32.2. The number of sulfonamides is 1. The van der Waals surface area contributed by atoms with Gasteiger partial charge in [-0.15, -0.1) is 0 Å². The van der Waals surface area contributed by atoms with Crippen molar-refractivity contribution >= 4 is 15.9 Å². The van der Waals surface area contributed by atoms with Gasteiger partial charge in [0.15, 0.2) is 0 Å². The summed E-state index contributed by atoms with van der Waals surface area (Å²) in [5.41, 5.74) is 0.683. The average Bonchev–Trinajstić information content (AvgIpc) is 2.58. The van der Waals surface area contributed by atoms with Crippen molar-refractivity contribution in [2.45, 2.75) is 57.6 Å². The molecular weight excluding hydrogens is 352 g/mol. The lowest BCUT2D eigenvalue weighted by Gasteiger charge is -2.61. The summed E-state index contributed by atoms with van der Waals surface area (Å²) in [5, 5.41) is 0. The van der Waals surface area contributed by atoms with Crippen LogP contribution in [-0.2, 0) is 14.8 Å². The molecule has 0 aromatic heterocycles. The van der Waals surface area contributed by atoms with Gasteiger partial charge >= 0.3 is 0 Å². The first kappa shape index (κ1) is 20.9. The summed E-state index contributed by atoms with van der Waals surface area (Å²) in [6.45, 7) is 10.1. The van der Waals surface area contributed by atoms with Gasteiger partial charge in [0.2, 0.25) is 10.0 Å². The molecule has 2 unspecified atom stereocenters. The first-order valence-electron chi connectivity index (χ1n) is 8.84. The van der Waals surface area contributed by atoms with Crippen molar-refractivity contribution in [1.82, 2.24) is 9.62 Å². The highest BCUT2D eigenvalue weighted by Crippen LogP contribution is 2.53. The number of amides is 1. The lowest BCUT2D eigenvalue weighted by molar-refractivity contribution is -0.198. The molecule has 1 amide bonds. The van der Waals surface area contributed by atoms with Crippen LogP contribution in [0.5, 0.6) is 0 Å². The van der Waals surface area contributed by atoms with E-state index in [2.05, 4.69) is 25.5 Å². The topological polar surface area (TPSA) is 75.7 Å². The van der Waals surface area contributed by atoms with E-state index in [0.29, 0.717) is 12.1 Å². The molecule has 0 spiro atoms. The summed E-state index contributed by atoms with van der Waals surface area (Å²) in [5.74, 6) is -0.174. The first-order valence-corrected chi connectivity index (χ1v) is 10.3. The third kappa shape index (κ3) is 3.28. The molecule has 1 aliphatic carbocycles. The molecule has 2 rings (SSSR count). The molecule has 1 fully saturated rings. The predicted octanol–water partition coefficient (Wildman–Crippen LogP) is 2.57. The van der Waals surface area contributed by atoms with Gasteiger partial charge in [-0.05, 0) is 38.0 Å². The maximum Gasteiger partial charge on any atom is 0.254 e. The summed E-state index contributed by atoms with van der Waals surface area (Å²) >= 11 is 0. The fourth-order valence-corrected chi connectivity index (χ4v) is 4.75. The molecule has 26 heavy (non-hydrogen) atoms. The molecule has 0 heterocycles. The van der Waals surface area contributed by atoms with E-state index in [4.69, 9.17) is 4.74 Å². The third-order valence-corrected chi connectivity index (χ3v) is 7.64. The largest absolute Gasteiger partial charge is 0.378 e. The number of benzene rings is 1. The maximum absolute atomic E-state index is 13.1. The zero-order valence-corrected chi connectivity index (χ0v) is 17.5. The Labute approximate surface area is 157 Å². The summed E-state index contributed by atoms with van der Waals surface area (Å²) in [4.78, 5) is 14.9. The Bertz CT molecular complexity index is 804. The zero-order chi connectivity index (χ0) is 19.9. The molecule has 0 aliphatic heterocycles. The zero-order valence-electron chi connectivity index (χ0n) is 16.7. The number of nitrogens with one attached hydrogen (secondary N) is 1. The lowest BCUT2D eigenvalue weighted by atomic mass is 9.55. The van der Waals surface area contributed by atoms with Gasteiger partial charge < -0.3 is 9.64 Å². The van der Waals surface area contributed by atoms with Crippen molar-refractivity contribution in [2.24, 2.45) is 5.41 Å². The fraction of sp³-hybridized carbons (Fsp3) is 0.632. The van der Waals surface area contributed by atoms with Gasteiger partial charge in [0.25, 0.3) is 5.91 Å². The van der Waals surface area contributed by atoms with Crippen LogP contribution in [-0.4, -0.2) is 51.6 Å². The van der Waals surface area contributed by atoms with Crippen molar-refractivity contribution in [3.05, 3.63) is 29.3 Å². The Hall–Kier alpha value is -1.44. The molecule has 0 bridgehead atoms. The van der Waals surface area contributed by atoms with Gasteiger partial charge in [-0.3, -0.25) is 4.79 Å². The highest BCUT2D eigenvalue weighted by molar-refractivity contribution is 7.89. The number of hydrogen-bond acceptors (Lipinski definition) is 4. The summed E-state index contributed by atoms with van der Waals surface area (Å²) < 4.78 is 32.6. The van der Waals surface area contributed by atoms with Crippen LogP contribution in [0.3, 0.4) is 0 Å². The quantitative estimate of drug-likeness (QED) is 0.820. The van der Waals surface area contributed by atoms with Crippen molar-refractivity contribution < 1.29 is 17.9 Å². The van der Waals surface area contributed by atoms with E-state index >= 15 is 0 Å². The van der Waals surface area contributed by atoms with Gasteiger partial charge in [0, 0.05) is 37.7 Å². The smallest absolute Gasteiger partial charge is 0.254 e. The minimum Gasteiger partial charge on any atom is -0.378 e. The Morgan fingerprint density at radius 1 is 1.35 bits per heavy atom. The molecule has 7 heteroatoms. The monoisotopic (exact) mass is 382 g/mol. The second kappa shape index (κ2) is 6.94. The number of carbonyl (C=O) groups excluding carboxylic acids is 1. The van der Waals surface area contributed by atoms with Crippen molar-refractivity contribution in [2.75, 3.05) is 20.7 Å². The van der Waals surface area contributed by atoms with E-state index in [1.54, 1.807) is 32.0 Å². The van der Waals surface area contributed by atoms with Crippen LogP contribution in [0.1, 0.15) is 50.0 Å². The molecule has 1 saturated carbocycles. The minimum absolute atomic E-state index is 0.0216. The molecule has 1 aliphatic rings. The molecule has 2 atom stereocenters. The molecule has 146 valence electrons. The number of methoxy groups -OCH3 is 1. The van der Waals surface area contributed by atoms with Crippen LogP contribution in [0, 0.1) is 12.3 Å². The number of nitrogens with zero attached hydrogens (tertiary/aromatic N) is 1. The van der Waals surface area contributed by atoms with Crippen molar-refractivity contribution in [1.29, 1.82) is 0 Å². The third-order valence-electron chi connectivity index (χ3n) is 6.10. The van der Waals surface area contributed by atoms with E-state index < -0.39 is 10.0 Å². The number of aryl methyl sites for hydroxylation is 1. The van der Waals surface area contributed by atoms with E-state index in [-0.39, 0.29) is 27.9 Å². The standard InChI is InChI=1S/C19H30N2O4S/c1-8-20-26(23,24)14-10-9-13(2)15(11-14)17(22)21(6)16-12-19(5,25-7)18(16,3)4/h9-11,16,20H,8,12H2,1-7H3. The van der Waals surface area contributed by atoms with Crippen LogP contribution in [0.15, 0.2) is 23.1 Å². The van der Waals surface area contributed by atoms with Crippen LogP contribution in [0.25, 0.3) is 0 Å². The first-order chi connectivity index (χ1) is 11.9. The number of carbonyl (C=O) groups is 1. The summed E-state index contributed by atoms with van der Waals surface area (Å²) in [7, 11) is -0.141. The molecular formula is C19H30N2O4S. The van der Waals surface area contributed by atoms with Crippen LogP contribution < -0.4 is 4.72 Å². The Morgan fingerprint density at radius 3 is 2.46 bits per heavy atom. The summed E-state index contributed by atoms with van der Waals surface area (Å²) in [6.07, 6.45) is 0.743. The SMILES string of the molecule is CCNS(=O)(=O)c1ccc(C)c(C(=O)N(C)C2CC(C)(OC)C2(C)C)c1.